The predicted octanol–water partition coefficient (Wildman–Crippen LogP) is 2.58. The molecular formula is C15H11F3N4O2S. The number of hydrogen-bond donors (Lipinski definition) is 2. The summed E-state index contributed by atoms with van der Waals surface area (Å²) in [6.07, 6.45) is -4.71. The molecule has 0 atom stereocenters. The Balaban J connectivity index is 1.77. The molecule has 0 bridgehead atoms. The topological polar surface area (TPSA) is 76.0 Å². The van der Waals surface area contributed by atoms with Gasteiger partial charge in [-0.15, -0.1) is 11.3 Å². The second-order valence-corrected chi connectivity index (χ2v) is 5.94. The van der Waals surface area contributed by atoms with Crippen LogP contribution < -0.4 is 10.9 Å². The van der Waals surface area contributed by atoms with Crippen LogP contribution in [0.2, 0.25) is 0 Å². The van der Waals surface area contributed by atoms with Crippen LogP contribution in [0.25, 0.3) is 11.0 Å². The van der Waals surface area contributed by atoms with Gasteiger partial charge in [0, 0.05) is 0 Å². The Bertz CT molecular complexity index is 919. The highest BCUT2D eigenvalue weighted by Crippen LogP contribution is 2.31. The number of thiophene rings is 1. The van der Waals surface area contributed by atoms with Crippen molar-refractivity contribution in [2.24, 2.45) is 0 Å². The van der Waals surface area contributed by atoms with E-state index in [9.17, 15) is 22.8 Å². The van der Waals surface area contributed by atoms with E-state index >= 15 is 0 Å². The molecule has 3 rings (SSSR count). The van der Waals surface area contributed by atoms with Crippen molar-refractivity contribution in [3.63, 3.8) is 0 Å². The molecule has 0 saturated carbocycles. The molecule has 2 heterocycles. The number of alkyl halides is 3. The van der Waals surface area contributed by atoms with Gasteiger partial charge in [0.1, 0.15) is 6.54 Å². The number of fused-ring (bicyclic) bond motifs is 1. The largest absolute Gasteiger partial charge is 0.449 e. The predicted molar refractivity (Wildman–Crippen MR) is 84.7 cm³/mol. The van der Waals surface area contributed by atoms with Crippen molar-refractivity contribution in [2.75, 3.05) is 0 Å². The number of hydrazine groups is 1. The molecule has 130 valence electrons. The number of amides is 2. The minimum absolute atomic E-state index is 0.130. The molecule has 0 spiro atoms. The Hall–Kier alpha value is -2.88. The monoisotopic (exact) mass is 368 g/mol. The molecule has 1 aromatic carbocycles. The van der Waals surface area contributed by atoms with E-state index in [0.717, 1.165) is 4.57 Å². The summed E-state index contributed by atoms with van der Waals surface area (Å²) >= 11 is 1.17. The molecule has 0 fully saturated rings. The van der Waals surface area contributed by atoms with Crippen molar-refractivity contribution in [1.29, 1.82) is 0 Å². The second-order valence-electron chi connectivity index (χ2n) is 4.99. The van der Waals surface area contributed by atoms with Crippen LogP contribution in [-0.2, 0) is 17.5 Å². The van der Waals surface area contributed by atoms with Crippen molar-refractivity contribution < 1.29 is 22.8 Å². The van der Waals surface area contributed by atoms with Gasteiger partial charge in [-0.2, -0.15) is 13.2 Å². The van der Waals surface area contributed by atoms with Crippen LogP contribution in [-0.4, -0.2) is 21.4 Å². The minimum Gasteiger partial charge on any atom is -0.311 e. The van der Waals surface area contributed by atoms with Crippen molar-refractivity contribution in [3.8, 4) is 0 Å². The molecule has 0 aliphatic carbocycles. The Morgan fingerprint density at radius 3 is 2.56 bits per heavy atom. The molecule has 3 aromatic rings. The number of rotatable bonds is 3. The Kier molecular flexibility index (Phi) is 4.45. The summed E-state index contributed by atoms with van der Waals surface area (Å²) in [4.78, 5) is 27.6. The summed E-state index contributed by atoms with van der Waals surface area (Å²) in [7, 11) is 0. The number of carbonyl (C=O) groups is 2. The van der Waals surface area contributed by atoms with Gasteiger partial charge in [0.05, 0.1) is 15.9 Å². The maximum Gasteiger partial charge on any atom is 0.449 e. The molecule has 2 aromatic heterocycles. The van der Waals surface area contributed by atoms with Crippen molar-refractivity contribution in [1.82, 2.24) is 20.4 Å². The van der Waals surface area contributed by atoms with Gasteiger partial charge in [-0.25, -0.2) is 4.98 Å². The van der Waals surface area contributed by atoms with Crippen LogP contribution >= 0.6 is 11.3 Å². The minimum atomic E-state index is -4.71. The van der Waals surface area contributed by atoms with Gasteiger partial charge in [0.2, 0.25) is 5.82 Å². The lowest BCUT2D eigenvalue weighted by molar-refractivity contribution is -0.147. The molecule has 0 aliphatic heterocycles. The van der Waals surface area contributed by atoms with Crippen LogP contribution in [0.3, 0.4) is 0 Å². The first kappa shape index (κ1) is 17.0. The summed E-state index contributed by atoms with van der Waals surface area (Å²) in [5, 5.41) is 1.68. The van der Waals surface area contributed by atoms with E-state index < -0.39 is 30.4 Å². The summed E-state index contributed by atoms with van der Waals surface area (Å²) in [5.74, 6) is -2.53. The number of nitrogens with one attached hydrogen (secondary N) is 2. The zero-order valence-electron chi connectivity index (χ0n) is 12.5. The number of hydrogen-bond acceptors (Lipinski definition) is 4. The third-order valence-electron chi connectivity index (χ3n) is 3.27. The van der Waals surface area contributed by atoms with E-state index in [0.29, 0.717) is 4.88 Å². The Morgan fingerprint density at radius 1 is 1.12 bits per heavy atom. The first-order valence-corrected chi connectivity index (χ1v) is 7.89. The van der Waals surface area contributed by atoms with Crippen LogP contribution in [0.15, 0.2) is 41.8 Å². The van der Waals surface area contributed by atoms with Gasteiger partial charge < -0.3 is 4.57 Å². The zero-order chi connectivity index (χ0) is 18.0. The lowest BCUT2D eigenvalue weighted by Crippen LogP contribution is -2.43. The first-order valence-electron chi connectivity index (χ1n) is 7.01. The van der Waals surface area contributed by atoms with Crippen LogP contribution in [0.5, 0.6) is 0 Å². The number of carbonyl (C=O) groups excluding carboxylic acids is 2. The molecule has 2 amide bonds. The number of benzene rings is 1. The molecule has 2 N–H and O–H groups in total. The smallest absolute Gasteiger partial charge is 0.311 e. The van der Waals surface area contributed by atoms with Crippen molar-refractivity contribution >= 4 is 34.2 Å². The summed E-state index contributed by atoms with van der Waals surface area (Å²) in [5.41, 5.74) is 4.57. The second kappa shape index (κ2) is 6.55. The number of halogens is 3. The van der Waals surface area contributed by atoms with E-state index in [4.69, 9.17) is 0 Å². The quantitative estimate of drug-likeness (QED) is 0.698. The molecule has 25 heavy (non-hydrogen) atoms. The zero-order valence-corrected chi connectivity index (χ0v) is 13.3. The fraction of sp³-hybridized carbons (Fsp3) is 0.133. The third-order valence-corrected chi connectivity index (χ3v) is 4.14. The van der Waals surface area contributed by atoms with E-state index in [1.807, 2.05) is 0 Å². The van der Waals surface area contributed by atoms with Gasteiger partial charge >= 0.3 is 6.18 Å². The average Bonchev–Trinajstić information content (AvgIpc) is 3.20. The molecule has 0 aliphatic rings. The number of nitrogens with zero attached hydrogens (tertiary/aromatic N) is 2. The van der Waals surface area contributed by atoms with E-state index in [2.05, 4.69) is 15.8 Å². The van der Waals surface area contributed by atoms with E-state index in [1.54, 1.807) is 29.6 Å². The van der Waals surface area contributed by atoms with Gasteiger partial charge in [-0.05, 0) is 23.6 Å². The van der Waals surface area contributed by atoms with E-state index in [-0.39, 0.29) is 11.0 Å². The summed E-state index contributed by atoms with van der Waals surface area (Å²) in [6, 6.07) is 9.19. The van der Waals surface area contributed by atoms with Crippen LogP contribution in [0, 0.1) is 0 Å². The molecule has 6 nitrogen and oxygen atoms in total. The standard InChI is InChI=1S/C15H11F3N4O2S/c16-15(17,18)14-19-9-4-1-2-5-10(9)22(14)8-12(23)20-21-13(24)11-6-3-7-25-11/h1-7H,8H2,(H,20,23)(H,21,24). The van der Waals surface area contributed by atoms with Gasteiger partial charge in [-0.1, -0.05) is 18.2 Å². The molecular weight excluding hydrogens is 357 g/mol. The normalized spacial score (nSPS) is 11.5. The van der Waals surface area contributed by atoms with Crippen LogP contribution in [0.1, 0.15) is 15.5 Å². The fourth-order valence-electron chi connectivity index (χ4n) is 2.23. The number of aromatic nitrogens is 2. The van der Waals surface area contributed by atoms with Crippen molar-refractivity contribution in [3.05, 3.63) is 52.5 Å². The van der Waals surface area contributed by atoms with E-state index in [1.165, 1.54) is 23.5 Å². The lowest BCUT2D eigenvalue weighted by Gasteiger charge is -2.12. The first-order chi connectivity index (χ1) is 11.9. The highest BCUT2D eigenvalue weighted by molar-refractivity contribution is 7.12. The summed E-state index contributed by atoms with van der Waals surface area (Å²) < 4.78 is 40.2. The van der Waals surface area contributed by atoms with Gasteiger partial charge in [-0.3, -0.25) is 20.4 Å². The summed E-state index contributed by atoms with van der Waals surface area (Å²) in [6.45, 7) is -0.639. The van der Waals surface area contributed by atoms with Crippen LogP contribution in [0.4, 0.5) is 13.2 Å². The molecule has 0 radical (unpaired) electrons. The maximum absolute atomic E-state index is 13.2. The SMILES string of the molecule is O=C(Cn1c(C(F)(F)F)nc2ccccc21)NNC(=O)c1cccs1. The number of imidazole rings is 1. The fourth-order valence-corrected chi connectivity index (χ4v) is 2.85. The highest BCUT2D eigenvalue weighted by Gasteiger charge is 2.38. The lowest BCUT2D eigenvalue weighted by atomic mass is 10.3. The average molecular weight is 368 g/mol. The third kappa shape index (κ3) is 3.63. The maximum atomic E-state index is 13.2. The Labute approximate surface area is 143 Å². The van der Waals surface area contributed by atoms with Gasteiger partial charge in [0.25, 0.3) is 11.8 Å². The molecule has 0 unspecified atom stereocenters. The molecule has 0 saturated heterocycles. The highest BCUT2D eigenvalue weighted by atomic mass is 32.1. The molecule has 10 heteroatoms. The number of para-hydroxylation sites is 2. The van der Waals surface area contributed by atoms with Gasteiger partial charge in [0.15, 0.2) is 0 Å². The van der Waals surface area contributed by atoms with Crippen molar-refractivity contribution in [2.45, 2.75) is 12.7 Å². The Morgan fingerprint density at radius 2 is 1.88 bits per heavy atom.